The van der Waals surface area contributed by atoms with Gasteiger partial charge in [-0.25, -0.2) is 9.37 Å². The Bertz CT molecular complexity index is 625. The molecule has 2 N–H and O–H groups in total. The number of hydrogen-bond donors (Lipinski definition) is 2. The maximum atomic E-state index is 13.1. The first kappa shape index (κ1) is 14.9. The molecule has 0 radical (unpaired) electrons. The van der Waals surface area contributed by atoms with Crippen LogP contribution in [0.3, 0.4) is 0 Å². The lowest BCUT2D eigenvalue weighted by Gasteiger charge is -2.10. The second kappa shape index (κ2) is 5.90. The van der Waals surface area contributed by atoms with Gasteiger partial charge in [-0.3, -0.25) is 9.89 Å². The molecule has 1 aromatic heterocycles. The van der Waals surface area contributed by atoms with E-state index in [4.69, 9.17) is 0 Å². The van der Waals surface area contributed by atoms with Crippen molar-refractivity contribution in [2.75, 3.05) is 6.54 Å². The molecular formula is C12H10F4N4O. The fraction of sp³-hybridized carbons (Fsp3) is 0.250. The minimum absolute atomic E-state index is 0.159. The minimum atomic E-state index is -4.85. The monoisotopic (exact) mass is 302 g/mol. The predicted octanol–water partition coefficient (Wildman–Crippen LogP) is 1.94. The van der Waals surface area contributed by atoms with E-state index < -0.39 is 23.5 Å². The number of amides is 1. The second-order valence-corrected chi connectivity index (χ2v) is 4.13. The second-order valence-electron chi connectivity index (χ2n) is 4.13. The predicted molar refractivity (Wildman–Crippen MR) is 63.8 cm³/mol. The van der Waals surface area contributed by atoms with Gasteiger partial charge in [-0.15, -0.1) is 0 Å². The number of rotatable bonds is 4. The first-order valence-electron chi connectivity index (χ1n) is 5.87. The fourth-order valence-electron chi connectivity index (χ4n) is 1.63. The highest BCUT2D eigenvalue weighted by Gasteiger charge is 2.34. The first-order chi connectivity index (χ1) is 9.88. The van der Waals surface area contributed by atoms with Crippen LogP contribution in [-0.2, 0) is 12.6 Å². The molecule has 0 aliphatic carbocycles. The smallest absolute Gasteiger partial charge is 0.352 e. The van der Waals surface area contributed by atoms with E-state index in [1.54, 1.807) is 0 Å². The summed E-state index contributed by atoms with van der Waals surface area (Å²) in [6.07, 6.45) is -3.20. The van der Waals surface area contributed by atoms with Gasteiger partial charge in [0.2, 0.25) is 0 Å². The summed E-state index contributed by atoms with van der Waals surface area (Å²) in [7, 11) is 0. The summed E-state index contributed by atoms with van der Waals surface area (Å²) in [5.41, 5.74) is -1.73. The zero-order chi connectivity index (χ0) is 15.5. The number of aromatic nitrogens is 3. The van der Waals surface area contributed by atoms with Crippen molar-refractivity contribution in [3.8, 4) is 0 Å². The zero-order valence-electron chi connectivity index (χ0n) is 10.5. The largest absolute Gasteiger partial charge is 0.419 e. The average molecular weight is 302 g/mol. The number of aromatic amines is 1. The Kier molecular flexibility index (Phi) is 4.20. The molecule has 0 saturated carbocycles. The van der Waals surface area contributed by atoms with Crippen molar-refractivity contribution in [2.24, 2.45) is 0 Å². The van der Waals surface area contributed by atoms with E-state index >= 15 is 0 Å². The van der Waals surface area contributed by atoms with Gasteiger partial charge in [-0.05, 0) is 18.2 Å². The quantitative estimate of drug-likeness (QED) is 0.848. The number of hydrogen-bond acceptors (Lipinski definition) is 3. The van der Waals surface area contributed by atoms with Crippen LogP contribution in [0.4, 0.5) is 17.6 Å². The van der Waals surface area contributed by atoms with Gasteiger partial charge < -0.3 is 5.32 Å². The van der Waals surface area contributed by atoms with Crippen molar-refractivity contribution in [1.29, 1.82) is 0 Å². The van der Waals surface area contributed by atoms with Crippen molar-refractivity contribution < 1.29 is 22.4 Å². The lowest BCUT2D eigenvalue weighted by atomic mass is 10.1. The van der Waals surface area contributed by atoms with Crippen LogP contribution in [0, 0.1) is 5.82 Å². The Morgan fingerprint density at radius 3 is 2.71 bits per heavy atom. The number of nitrogens with one attached hydrogen (secondary N) is 2. The van der Waals surface area contributed by atoms with Crippen molar-refractivity contribution in [2.45, 2.75) is 12.6 Å². The molecule has 0 aliphatic rings. The first-order valence-corrected chi connectivity index (χ1v) is 5.87. The van der Waals surface area contributed by atoms with Crippen molar-refractivity contribution in [3.63, 3.8) is 0 Å². The summed E-state index contributed by atoms with van der Waals surface area (Å²) >= 11 is 0. The number of nitrogens with zero attached hydrogens (tertiary/aromatic N) is 2. The number of benzene rings is 1. The summed E-state index contributed by atoms with van der Waals surface area (Å²) in [6.45, 7) is 0.159. The molecule has 0 aliphatic heterocycles. The van der Waals surface area contributed by atoms with E-state index in [0.29, 0.717) is 24.4 Å². The van der Waals surface area contributed by atoms with Gasteiger partial charge >= 0.3 is 6.18 Å². The molecule has 0 bridgehead atoms. The van der Waals surface area contributed by atoms with E-state index in [9.17, 15) is 22.4 Å². The van der Waals surface area contributed by atoms with E-state index in [1.165, 1.54) is 6.33 Å². The molecular weight excluding hydrogens is 292 g/mol. The molecule has 2 aromatic rings. The van der Waals surface area contributed by atoms with Crippen molar-refractivity contribution in [3.05, 3.63) is 47.3 Å². The van der Waals surface area contributed by atoms with Crippen LogP contribution >= 0.6 is 0 Å². The van der Waals surface area contributed by atoms with Crippen molar-refractivity contribution in [1.82, 2.24) is 20.5 Å². The number of carbonyl (C=O) groups is 1. The third-order valence-electron chi connectivity index (χ3n) is 2.65. The number of halogens is 4. The van der Waals surface area contributed by atoms with E-state index in [-0.39, 0.29) is 12.1 Å². The highest BCUT2D eigenvalue weighted by molar-refractivity contribution is 5.94. The summed E-state index contributed by atoms with van der Waals surface area (Å²) < 4.78 is 50.7. The van der Waals surface area contributed by atoms with Gasteiger partial charge in [-0.2, -0.15) is 18.3 Å². The average Bonchev–Trinajstić information content (AvgIpc) is 2.91. The van der Waals surface area contributed by atoms with E-state index in [0.717, 1.165) is 6.07 Å². The normalized spacial score (nSPS) is 11.4. The van der Waals surface area contributed by atoms with Crippen LogP contribution in [-0.4, -0.2) is 27.6 Å². The summed E-state index contributed by atoms with van der Waals surface area (Å²) in [6, 6.07) is 2.10. The van der Waals surface area contributed by atoms with Crippen LogP contribution in [0.5, 0.6) is 0 Å². The highest BCUT2D eigenvalue weighted by Crippen LogP contribution is 2.31. The molecule has 112 valence electrons. The number of alkyl halides is 3. The van der Waals surface area contributed by atoms with Crippen LogP contribution in [0.1, 0.15) is 21.7 Å². The third-order valence-corrected chi connectivity index (χ3v) is 2.65. The Morgan fingerprint density at radius 2 is 2.10 bits per heavy atom. The van der Waals surface area contributed by atoms with Gasteiger partial charge in [0.1, 0.15) is 18.0 Å². The standard InChI is InChI=1S/C12H10F4N4O/c13-9-2-1-7(5-8(9)12(14,15)16)11(21)17-4-3-10-18-6-19-20-10/h1-2,5-6H,3-4H2,(H,17,21)(H,18,19,20). The van der Waals surface area contributed by atoms with Crippen LogP contribution in [0.2, 0.25) is 0 Å². The minimum Gasteiger partial charge on any atom is -0.352 e. The van der Waals surface area contributed by atoms with Gasteiger partial charge in [-0.1, -0.05) is 0 Å². The Labute approximate surface area is 116 Å². The molecule has 0 fully saturated rings. The molecule has 0 unspecified atom stereocenters. The Morgan fingerprint density at radius 1 is 1.33 bits per heavy atom. The molecule has 1 amide bonds. The summed E-state index contributed by atoms with van der Waals surface area (Å²) in [5.74, 6) is -1.61. The van der Waals surface area contributed by atoms with Gasteiger partial charge in [0.15, 0.2) is 0 Å². The number of H-pyrrole nitrogens is 1. The molecule has 2 rings (SSSR count). The maximum Gasteiger partial charge on any atom is 0.419 e. The van der Waals surface area contributed by atoms with Crippen LogP contribution < -0.4 is 5.32 Å². The summed E-state index contributed by atoms with van der Waals surface area (Å²) in [4.78, 5) is 15.5. The molecule has 21 heavy (non-hydrogen) atoms. The Hall–Kier alpha value is -2.45. The molecule has 5 nitrogen and oxygen atoms in total. The molecule has 9 heteroatoms. The lowest BCUT2D eigenvalue weighted by molar-refractivity contribution is -0.140. The topological polar surface area (TPSA) is 70.7 Å². The number of carbonyl (C=O) groups excluding carboxylic acids is 1. The fourth-order valence-corrected chi connectivity index (χ4v) is 1.63. The van der Waals surface area contributed by atoms with Crippen molar-refractivity contribution >= 4 is 5.91 Å². The van der Waals surface area contributed by atoms with E-state index in [1.807, 2.05) is 0 Å². The Balaban J connectivity index is 2.02. The van der Waals surface area contributed by atoms with Crippen LogP contribution in [0.25, 0.3) is 0 Å². The van der Waals surface area contributed by atoms with E-state index in [2.05, 4.69) is 20.5 Å². The van der Waals surface area contributed by atoms with Gasteiger partial charge in [0, 0.05) is 18.5 Å². The van der Waals surface area contributed by atoms with Gasteiger partial charge in [0.25, 0.3) is 5.91 Å². The molecule has 0 saturated heterocycles. The van der Waals surface area contributed by atoms with Crippen LogP contribution in [0.15, 0.2) is 24.5 Å². The summed E-state index contributed by atoms with van der Waals surface area (Å²) in [5, 5.41) is 8.61. The highest BCUT2D eigenvalue weighted by atomic mass is 19.4. The van der Waals surface area contributed by atoms with Gasteiger partial charge in [0.05, 0.1) is 5.56 Å². The molecule has 0 spiro atoms. The third kappa shape index (κ3) is 3.77. The molecule has 1 aromatic carbocycles. The molecule has 1 heterocycles. The maximum absolute atomic E-state index is 13.1. The lowest BCUT2D eigenvalue weighted by Crippen LogP contribution is -2.26. The SMILES string of the molecule is O=C(NCCc1ncn[nH]1)c1ccc(F)c(C(F)(F)F)c1. The zero-order valence-corrected chi connectivity index (χ0v) is 10.5. The molecule has 0 atom stereocenters.